The molecule has 0 bridgehead atoms. The Kier molecular flexibility index (Phi) is 4.61. The fourth-order valence-corrected chi connectivity index (χ4v) is 2.01. The van der Waals surface area contributed by atoms with Crippen molar-refractivity contribution in [1.29, 1.82) is 0 Å². The number of alkyl halides is 3. The van der Waals surface area contributed by atoms with E-state index in [1.807, 2.05) is 0 Å². The van der Waals surface area contributed by atoms with Crippen LogP contribution in [0.4, 0.5) is 13.2 Å². The molecule has 112 valence electrons. The second kappa shape index (κ2) is 6.09. The zero-order valence-corrected chi connectivity index (χ0v) is 11.9. The fraction of sp³-hybridized carbons (Fsp3) is 0.154. The third-order valence-corrected chi connectivity index (χ3v) is 3.04. The summed E-state index contributed by atoms with van der Waals surface area (Å²) in [5.41, 5.74) is 4.74. The number of aromatic nitrogens is 1. The van der Waals surface area contributed by atoms with E-state index in [9.17, 15) is 13.2 Å². The maximum atomic E-state index is 13.0. The van der Waals surface area contributed by atoms with E-state index in [1.54, 1.807) is 0 Å². The van der Waals surface area contributed by atoms with Gasteiger partial charge in [-0.15, -0.1) is 0 Å². The van der Waals surface area contributed by atoms with E-state index in [2.05, 4.69) is 4.98 Å². The molecule has 2 rings (SSSR count). The topological polar surface area (TPSA) is 48.1 Å². The van der Waals surface area contributed by atoms with Gasteiger partial charge in [0.2, 0.25) is 5.88 Å². The third-order valence-electron chi connectivity index (χ3n) is 2.57. The van der Waals surface area contributed by atoms with E-state index >= 15 is 0 Å². The molecule has 0 spiro atoms. The molecule has 0 amide bonds. The third kappa shape index (κ3) is 3.78. The summed E-state index contributed by atoms with van der Waals surface area (Å²) in [7, 11) is 0. The van der Waals surface area contributed by atoms with Gasteiger partial charge in [0.05, 0.1) is 10.6 Å². The van der Waals surface area contributed by atoms with Crippen molar-refractivity contribution >= 4 is 23.2 Å². The van der Waals surface area contributed by atoms with Gasteiger partial charge >= 0.3 is 6.18 Å². The molecule has 1 aromatic carbocycles. The molecule has 0 saturated heterocycles. The highest BCUT2D eigenvalue weighted by Crippen LogP contribution is 2.39. The van der Waals surface area contributed by atoms with Gasteiger partial charge in [0.15, 0.2) is 0 Å². The summed E-state index contributed by atoms with van der Waals surface area (Å²) in [5, 5.41) is 0.264. The molecule has 0 aliphatic heterocycles. The van der Waals surface area contributed by atoms with Crippen LogP contribution >= 0.6 is 23.2 Å². The average Bonchev–Trinajstić information content (AvgIpc) is 2.41. The normalized spacial score (nSPS) is 11.5. The number of halogens is 5. The van der Waals surface area contributed by atoms with Crippen LogP contribution in [0.2, 0.25) is 10.0 Å². The van der Waals surface area contributed by atoms with Gasteiger partial charge in [-0.3, -0.25) is 0 Å². The molecule has 0 atom stereocenters. The molecular weight excluding hydrogens is 328 g/mol. The van der Waals surface area contributed by atoms with Crippen molar-refractivity contribution in [2.45, 2.75) is 12.7 Å². The highest BCUT2D eigenvalue weighted by Gasteiger charge is 2.35. The quantitative estimate of drug-likeness (QED) is 0.886. The summed E-state index contributed by atoms with van der Waals surface area (Å²) < 4.78 is 44.3. The fourth-order valence-electron chi connectivity index (χ4n) is 1.60. The predicted molar refractivity (Wildman–Crippen MR) is 73.7 cm³/mol. The number of hydrogen-bond acceptors (Lipinski definition) is 3. The second-order valence-corrected chi connectivity index (χ2v) is 4.92. The molecule has 0 radical (unpaired) electrons. The molecule has 0 aliphatic carbocycles. The average molecular weight is 337 g/mol. The molecule has 0 unspecified atom stereocenters. The summed E-state index contributed by atoms with van der Waals surface area (Å²) in [6, 6.07) is 4.87. The van der Waals surface area contributed by atoms with Crippen molar-refractivity contribution in [3.63, 3.8) is 0 Å². The van der Waals surface area contributed by atoms with Gasteiger partial charge in [-0.2, -0.15) is 13.2 Å². The van der Waals surface area contributed by atoms with E-state index in [0.29, 0.717) is 5.56 Å². The zero-order chi connectivity index (χ0) is 15.6. The zero-order valence-electron chi connectivity index (χ0n) is 10.4. The van der Waals surface area contributed by atoms with Crippen molar-refractivity contribution in [1.82, 2.24) is 4.98 Å². The number of hydrogen-bond donors (Lipinski definition) is 1. The standard InChI is InChI=1S/C13H9Cl2F3N2O/c14-8-4-10(15)12(20-6-8)21-11-2-1-7(5-19)3-9(11)13(16,17)18/h1-4,6H,5,19H2. The van der Waals surface area contributed by atoms with E-state index in [4.69, 9.17) is 33.7 Å². The molecule has 1 aromatic heterocycles. The summed E-state index contributed by atoms with van der Waals surface area (Å²) in [4.78, 5) is 3.76. The minimum Gasteiger partial charge on any atom is -0.437 e. The SMILES string of the molecule is NCc1ccc(Oc2ncc(Cl)cc2Cl)c(C(F)(F)F)c1. The van der Waals surface area contributed by atoms with Crippen LogP contribution in [0.15, 0.2) is 30.5 Å². The lowest BCUT2D eigenvalue weighted by Crippen LogP contribution is -2.09. The van der Waals surface area contributed by atoms with Crippen LogP contribution in [-0.4, -0.2) is 4.98 Å². The van der Waals surface area contributed by atoms with E-state index < -0.39 is 17.5 Å². The van der Waals surface area contributed by atoms with Crippen LogP contribution in [0, 0.1) is 0 Å². The minimum absolute atomic E-state index is 0.0106. The molecule has 8 heteroatoms. The van der Waals surface area contributed by atoms with Crippen LogP contribution < -0.4 is 10.5 Å². The second-order valence-electron chi connectivity index (χ2n) is 4.07. The Bertz CT molecular complexity index is 662. The van der Waals surface area contributed by atoms with Gasteiger partial charge in [-0.05, 0) is 23.8 Å². The van der Waals surface area contributed by atoms with Crippen molar-refractivity contribution < 1.29 is 17.9 Å². The number of benzene rings is 1. The van der Waals surface area contributed by atoms with Gasteiger partial charge in [0.25, 0.3) is 0 Å². The number of ether oxygens (including phenoxy) is 1. The van der Waals surface area contributed by atoms with Gasteiger partial charge in [0.1, 0.15) is 10.8 Å². The van der Waals surface area contributed by atoms with Crippen molar-refractivity contribution in [3.05, 3.63) is 51.6 Å². The van der Waals surface area contributed by atoms with Gasteiger partial charge in [-0.1, -0.05) is 29.3 Å². The Hall–Kier alpha value is -1.50. The monoisotopic (exact) mass is 336 g/mol. The van der Waals surface area contributed by atoms with E-state index in [-0.39, 0.29) is 22.5 Å². The molecule has 0 saturated carbocycles. The van der Waals surface area contributed by atoms with Gasteiger partial charge in [-0.25, -0.2) is 4.98 Å². The largest absolute Gasteiger partial charge is 0.437 e. The number of rotatable bonds is 3. The van der Waals surface area contributed by atoms with Gasteiger partial charge < -0.3 is 10.5 Å². The van der Waals surface area contributed by atoms with Crippen LogP contribution in [0.3, 0.4) is 0 Å². The molecule has 2 aromatic rings. The molecule has 3 nitrogen and oxygen atoms in total. The lowest BCUT2D eigenvalue weighted by atomic mass is 10.1. The highest BCUT2D eigenvalue weighted by molar-refractivity contribution is 6.35. The predicted octanol–water partition coefficient (Wildman–Crippen LogP) is 4.66. The van der Waals surface area contributed by atoms with Crippen molar-refractivity contribution in [2.24, 2.45) is 5.73 Å². The number of pyridine rings is 1. The first-order valence-electron chi connectivity index (χ1n) is 5.70. The maximum Gasteiger partial charge on any atom is 0.419 e. The van der Waals surface area contributed by atoms with E-state index in [0.717, 1.165) is 6.07 Å². The number of nitrogens with two attached hydrogens (primary N) is 1. The van der Waals surface area contributed by atoms with Crippen LogP contribution in [0.1, 0.15) is 11.1 Å². The van der Waals surface area contributed by atoms with Crippen LogP contribution in [0.25, 0.3) is 0 Å². The molecular formula is C13H9Cl2F3N2O. The summed E-state index contributed by atoms with van der Waals surface area (Å²) in [5.74, 6) is -0.566. The molecule has 21 heavy (non-hydrogen) atoms. The van der Waals surface area contributed by atoms with Crippen LogP contribution in [0.5, 0.6) is 11.6 Å². The molecule has 1 heterocycles. The Morgan fingerprint density at radius 1 is 1.19 bits per heavy atom. The number of nitrogens with zero attached hydrogens (tertiary/aromatic N) is 1. The molecule has 0 fully saturated rings. The van der Waals surface area contributed by atoms with Crippen molar-refractivity contribution in [2.75, 3.05) is 0 Å². The smallest absolute Gasteiger partial charge is 0.419 e. The summed E-state index contributed by atoms with van der Waals surface area (Å²) in [6.07, 6.45) is -3.36. The Balaban J connectivity index is 2.44. The Labute approximate surface area is 128 Å². The van der Waals surface area contributed by atoms with Crippen LogP contribution in [-0.2, 0) is 12.7 Å². The summed E-state index contributed by atoms with van der Waals surface area (Å²) in [6.45, 7) is -0.0106. The minimum atomic E-state index is -4.58. The molecule has 2 N–H and O–H groups in total. The highest BCUT2D eigenvalue weighted by atomic mass is 35.5. The first-order chi connectivity index (χ1) is 9.81. The lowest BCUT2D eigenvalue weighted by molar-refractivity contribution is -0.138. The first-order valence-corrected chi connectivity index (χ1v) is 6.46. The van der Waals surface area contributed by atoms with E-state index in [1.165, 1.54) is 24.4 Å². The van der Waals surface area contributed by atoms with Crippen molar-refractivity contribution in [3.8, 4) is 11.6 Å². The Morgan fingerprint density at radius 3 is 2.48 bits per heavy atom. The maximum absolute atomic E-state index is 13.0. The lowest BCUT2D eigenvalue weighted by Gasteiger charge is -2.15. The summed E-state index contributed by atoms with van der Waals surface area (Å²) >= 11 is 11.5. The van der Waals surface area contributed by atoms with Gasteiger partial charge in [0, 0.05) is 12.7 Å². The first kappa shape index (κ1) is 15.9. The molecule has 0 aliphatic rings. The Morgan fingerprint density at radius 2 is 1.90 bits per heavy atom.